The maximum absolute atomic E-state index is 10.4. The molecule has 0 aromatic carbocycles. The molecule has 2 heteroatoms. The van der Waals surface area contributed by atoms with Gasteiger partial charge in [-0.3, -0.25) is 4.90 Å². The molecule has 0 heterocycles. The predicted octanol–water partition coefficient (Wildman–Crippen LogP) is 3.38. The van der Waals surface area contributed by atoms with Crippen LogP contribution < -0.4 is 0 Å². The molecule has 1 aliphatic carbocycles. The Morgan fingerprint density at radius 3 is 2.00 bits per heavy atom. The van der Waals surface area contributed by atoms with Crippen LogP contribution in [-0.2, 0) is 0 Å². The molecule has 0 spiro atoms. The Labute approximate surface area is 112 Å². The number of hydrogen-bond donors (Lipinski definition) is 1. The fourth-order valence-corrected chi connectivity index (χ4v) is 2.46. The Balaban J connectivity index is 2.52. The van der Waals surface area contributed by atoms with Gasteiger partial charge >= 0.3 is 0 Å². The number of aliphatic hydroxyl groups excluding tert-OH is 1. The molecule has 104 valence electrons. The second-order valence-corrected chi connectivity index (χ2v) is 5.32. The van der Waals surface area contributed by atoms with Crippen LogP contribution in [0.1, 0.15) is 46.5 Å². The van der Waals surface area contributed by atoms with E-state index in [0.717, 1.165) is 13.1 Å². The fourth-order valence-electron chi connectivity index (χ4n) is 2.46. The second kappa shape index (κ2) is 8.49. The molecule has 0 bridgehead atoms. The summed E-state index contributed by atoms with van der Waals surface area (Å²) < 4.78 is 0. The summed E-state index contributed by atoms with van der Waals surface area (Å²) in [6.07, 6.45) is 12.8. The van der Waals surface area contributed by atoms with Gasteiger partial charge in [0.15, 0.2) is 0 Å². The standard InChI is InChI=1S/C16H29NO/c1-4-6-12-17(13-7-5-2)14(3)16(18)15-10-8-9-11-15/h8-11,14-16,18H,4-7,12-13H2,1-3H3/t14-,16-/m0/s1. The van der Waals surface area contributed by atoms with Gasteiger partial charge in [0.2, 0.25) is 0 Å². The molecule has 0 saturated carbocycles. The molecule has 1 rings (SSSR count). The minimum Gasteiger partial charge on any atom is -0.391 e. The van der Waals surface area contributed by atoms with E-state index in [4.69, 9.17) is 0 Å². The highest BCUT2D eigenvalue weighted by Crippen LogP contribution is 2.20. The lowest BCUT2D eigenvalue weighted by atomic mass is 9.97. The third kappa shape index (κ3) is 4.58. The molecule has 0 amide bonds. The van der Waals surface area contributed by atoms with E-state index < -0.39 is 0 Å². The smallest absolute Gasteiger partial charge is 0.0789 e. The van der Waals surface area contributed by atoms with E-state index in [2.05, 4.69) is 37.8 Å². The number of allylic oxidation sites excluding steroid dienone is 2. The Morgan fingerprint density at radius 2 is 1.56 bits per heavy atom. The van der Waals surface area contributed by atoms with Crippen LogP contribution in [0.5, 0.6) is 0 Å². The van der Waals surface area contributed by atoms with Crippen LogP contribution >= 0.6 is 0 Å². The number of nitrogens with zero attached hydrogens (tertiary/aromatic N) is 1. The molecule has 18 heavy (non-hydrogen) atoms. The summed E-state index contributed by atoms with van der Waals surface area (Å²) in [7, 11) is 0. The third-order valence-corrected chi connectivity index (χ3v) is 3.84. The van der Waals surface area contributed by atoms with Gasteiger partial charge in [-0.1, -0.05) is 51.0 Å². The van der Waals surface area contributed by atoms with Gasteiger partial charge in [0.1, 0.15) is 0 Å². The van der Waals surface area contributed by atoms with Crippen LogP contribution in [0.15, 0.2) is 24.3 Å². The molecule has 0 saturated heterocycles. The van der Waals surface area contributed by atoms with Crippen molar-refractivity contribution >= 4 is 0 Å². The summed E-state index contributed by atoms with van der Waals surface area (Å²) >= 11 is 0. The van der Waals surface area contributed by atoms with Crippen molar-refractivity contribution in [1.82, 2.24) is 4.90 Å². The van der Waals surface area contributed by atoms with Crippen molar-refractivity contribution in [2.75, 3.05) is 13.1 Å². The van der Waals surface area contributed by atoms with Gasteiger partial charge in [0, 0.05) is 12.0 Å². The molecule has 1 N–H and O–H groups in total. The zero-order chi connectivity index (χ0) is 13.4. The van der Waals surface area contributed by atoms with Crippen LogP contribution in [0.2, 0.25) is 0 Å². The molecular formula is C16H29NO. The average Bonchev–Trinajstić information content (AvgIpc) is 2.91. The summed E-state index contributed by atoms with van der Waals surface area (Å²) in [6.45, 7) is 8.82. The number of unbranched alkanes of at least 4 members (excludes halogenated alkanes) is 2. The summed E-state index contributed by atoms with van der Waals surface area (Å²) in [4.78, 5) is 2.46. The lowest BCUT2D eigenvalue weighted by molar-refractivity contribution is 0.0411. The molecule has 0 radical (unpaired) electrons. The normalized spacial score (nSPS) is 18.7. The molecule has 0 fully saturated rings. The lowest BCUT2D eigenvalue weighted by Gasteiger charge is -2.34. The van der Waals surface area contributed by atoms with E-state index in [-0.39, 0.29) is 18.1 Å². The van der Waals surface area contributed by atoms with E-state index in [0.29, 0.717) is 0 Å². The van der Waals surface area contributed by atoms with Crippen LogP contribution in [-0.4, -0.2) is 35.2 Å². The Bertz CT molecular complexity index is 252. The van der Waals surface area contributed by atoms with Crippen molar-refractivity contribution < 1.29 is 5.11 Å². The Kier molecular flexibility index (Phi) is 7.29. The molecule has 0 aliphatic heterocycles. The van der Waals surface area contributed by atoms with Crippen molar-refractivity contribution in [1.29, 1.82) is 0 Å². The zero-order valence-corrected chi connectivity index (χ0v) is 12.2. The second-order valence-electron chi connectivity index (χ2n) is 5.32. The van der Waals surface area contributed by atoms with Crippen molar-refractivity contribution in [2.45, 2.75) is 58.6 Å². The molecule has 0 aromatic heterocycles. The number of rotatable bonds is 9. The Hall–Kier alpha value is -0.600. The first-order chi connectivity index (χ1) is 8.70. The van der Waals surface area contributed by atoms with Gasteiger partial charge in [-0.15, -0.1) is 0 Å². The topological polar surface area (TPSA) is 23.5 Å². The third-order valence-electron chi connectivity index (χ3n) is 3.84. The van der Waals surface area contributed by atoms with Crippen molar-refractivity contribution in [3.8, 4) is 0 Å². The van der Waals surface area contributed by atoms with Gasteiger partial charge in [-0.25, -0.2) is 0 Å². The highest BCUT2D eigenvalue weighted by Gasteiger charge is 2.26. The van der Waals surface area contributed by atoms with E-state index >= 15 is 0 Å². The monoisotopic (exact) mass is 251 g/mol. The highest BCUT2D eigenvalue weighted by atomic mass is 16.3. The van der Waals surface area contributed by atoms with Crippen molar-refractivity contribution in [2.24, 2.45) is 5.92 Å². The Morgan fingerprint density at radius 1 is 1.06 bits per heavy atom. The van der Waals surface area contributed by atoms with Gasteiger partial charge in [-0.2, -0.15) is 0 Å². The molecule has 1 aliphatic rings. The summed E-state index contributed by atoms with van der Waals surface area (Å²) in [6, 6.07) is 0.237. The van der Waals surface area contributed by atoms with Gasteiger partial charge in [0.25, 0.3) is 0 Å². The summed E-state index contributed by atoms with van der Waals surface area (Å²) in [5.74, 6) is 0.200. The first kappa shape index (κ1) is 15.5. The van der Waals surface area contributed by atoms with E-state index in [1.54, 1.807) is 0 Å². The van der Waals surface area contributed by atoms with Gasteiger partial charge < -0.3 is 5.11 Å². The first-order valence-electron chi connectivity index (χ1n) is 7.47. The van der Waals surface area contributed by atoms with Crippen LogP contribution in [0.3, 0.4) is 0 Å². The molecule has 2 atom stereocenters. The maximum Gasteiger partial charge on any atom is 0.0789 e. The number of aliphatic hydroxyl groups is 1. The fraction of sp³-hybridized carbons (Fsp3) is 0.750. The van der Waals surface area contributed by atoms with E-state index in [1.165, 1.54) is 25.7 Å². The van der Waals surface area contributed by atoms with Gasteiger partial charge in [-0.05, 0) is 32.9 Å². The van der Waals surface area contributed by atoms with E-state index in [9.17, 15) is 5.11 Å². The lowest BCUT2D eigenvalue weighted by Crippen LogP contribution is -2.45. The summed E-state index contributed by atoms with van der Waals surface area (Å²) in [5.41, 5.74) is 0. The quantitative estimate of drug-likeness (QED) is 0.679. The van der Waals surface area contributed by atoms with Crippen LogP contribution in [0.4, 0.5) is 0 Å². The molecular weight excluding hydrogens is 222 g/mol. The molecule has 0 unspecified atom stereocenters. The van der Waals surface area contributed by atoms with Crippen molar-refractivity contribution in [3.63, 3.8) is 0 Å². The average molecular weight is 251 g/mol. The molecule has 2 nitrogen and oxygen atoms in total. The SMILES string of the molecule is CCCCN(CCCC)[C@@H](C)[C@H](O)C1C=CC=C1. The van der Waals surface area contributed by atoms with Crippen LogP contribution in [0.25, 0.3) is 0 Å². The van der Waals surface area contributed by atoms with Crippen molar-refractivity contribution in [3.05, 3.63) is 24.3 Å². The summed E-state index contributed by atoms with van der Waals surface area (Å²) in [5, 5.41) is 10.4. The molecule has 0 aromatic rings. The first-order valence-corrected chi connectivity index (χ1v) is 7.47. The largest absolute Gasteiger partial charge is 0.391 e. The zero-order valence-electron chi connectivity index (χ0n) is 12.2. The van der Waals surface area contributed by atoms with E-state index in [1.807, 2.05) is 12.2 Å². The maximum atomic E-state index is 10.4. The predicted molar refractivity (Wildman–Crippen MR) is 78.6 cm³/mol. The van der Waals surface area contributed by atoms with Gasteiger partial charge in [0.05, 0.1) is 6.10 Å². The minimum absolute atomic E-state index is 0.200. The number of hydrogen-bond acceptors (Lipinski definition) is 2. The van der Waals surface area contributed by atoms with Crippen LogP contribution in [0, 0.1) is 5.92 Å². The minimum atomic E-state index is -0.284. The highest BCUT2D eigenvalue weighted by molar-refractivity contribution is 5.19.